The number of hydrogen-bond acceptors (Lipinski definition) is 4. The highest BCUT2D eigenvalue weighted by Gasteiger charge is 2.10. The van der Waals surface area contributed by atoms with Crippen LogP contribution >= 0.6 is 0 Å². The van der Waals surface area contributed by atoms with Crippen molar-refractivity contribution in [3.8, 4) is 0 Å². The summed E-state index contributed by atoms with van der Waals surface area (Å²) in [6.45, 7) is 5.23. The zero-order valence-electron chi connectivity index (χ0n) is 11.4. The van der Waals surface area contributed by atoms with Crippen LogP contribution in [0.25, 0.3) is 0 Å². The average Bonchev–Trinajstić information content (AvgIpc) is 2.43. The lowest BCUT2D eigenvalue weighted by molar-refractivity contribution is 0.0657. The molecule has 1 aromatic heterocycles. The van der Waals surface area contributed by atoms with Gasteiger partial charge in [-0.25, -0.2) is 0 Å². The van der Waals surface area contributed by atoms with Gasteiger partial charge in [0.2, 0.25) is 0 Å². The lowest BCUT2D eigenvalue weighted by Crippen LogP contribution is -2.23. The van der Waals surface area contributed by atoms with Crippen LogP contribution in [0, 0.1) is 0 Å². The molecule has 0 radical (unpaired) electrons. The van der Waals surface area contributed by atoms with Crippen LogP contribution in [0.5, 0.6) is 0 Å². The van der Waals surface area contributed by atoms with E-state index in [1.165, 1.54) is 5.56 Å². The molecule has 0 aromatic carbocycles. The van der Waals surface area contributed by atoms with Crippen molar-refractivity contribution in [3.05, 3.63) is 30.1 Å². The quantitative estimate of drug-likeness (QED) is 0.648. The maximum absolute atomic E-state index is 5.52. The molecule has 102 valence electrons. The number of rotatable bonds is 10. The van der Waals surface area contributed by atoms with Crippen molar-refractivity contribution in [1.82, 2.24) is 10.3 Å². The van der Waals surface area contributed by atoms with E-state index in [1.807, 2.05) is 12.3 Å². The second-order valence-corrected chi connectivity index (χ2v) is 4.19. The summed E-state index contributed by atoms with van der Waals surface area (Å²) in [6.07, 6.45) is 5.80. The Balaban J connectivity index is 2.36. The molecule has 1 unspecified atom stereocenters. The van der Waals surface area contributed by atoms with Crippen LogP contribution in [-0.4, -0.2) is 38.5 Å². The molecule has 4 nitrogen and oxygen atoms in total. The monoisotopic (exact) mass is 252 g/mol. The summed E-state index contributed by atoms with van der Waals surface area (Å²) in [6, 6.07) is 4.40. The number of methoxy groups -OCH3 is 1. The zero-order chi connectivity index (χ0) is 13.1. The Hall–Kier alpha value is -0.970. The first-order chi connectivity index (χ1) is 8.88. The van der Waals surface area contributed by atoms with Gasteiger partial charge in [-0.3, -0.25) is 4.98 Å². The number of pyridine rings is 1. The van der Waals surface area contributed by atoms with Gasteiger partial charge in [-0.2, -0.15) is 0 Å². The smallest absolute Gasteiger partial charge is 0.0700 e. The van der Waals surface area contributed by atoms with Crippen LogP contribution in [0.1, 0.15) is 31.4 Å². The van der Waals surface area contributed by atoms with Crippen molar-refractivity contribution in [2.24, 2.45) is 0 Å². The van der Waals surface area contributed by atoms with Crippen molar-refractivity contribution in [3.63, 3.8) is 0 Å². The number of aromatic nitrogens is 1. The minimum Gasteiger partial charge on any atom is -0.382 e. The van der Waals surface area contributed by atoms with Crippen molar-refractivity contribution < 1.29 is 9.47 Å². The first-order valence-electron chi connectivity index (χ1n) is 6.58. The molecule has 0 fully saturated rings. The van der Waals surface area contributed by atoms with Crippen LogP contribution < -0.4 is 5.32 Å². The number of hydrogen-bond donors (Lipinski definition) is 1. The molecule has 1 N–H and O–H groups in total. The molecule has 0 saturated carbocycles. The van der Waals surface area contributed by atoms with Crippen molar-refractivity contribution in [2.45, 2.75) is 25.8 Å². The van der Waals surface area contributed by atoms with Gasteiger partial charge in [-0.15, -0.1) is 0 Å². The van der Waals surface area contributed by atoms with Crippen LogP contribution in [0.3, 0.4) is 0 Å². The molecule has 0 bridgehead atoms. The molecule has 4 heteroatoms. The van der Waals surface area contributed by atoms with E-state index in [4.69, 9.17) is 9.47 Å². The van der Waals surface area contributed by atoms with E-state index >= 15 is 0 Å². The third-order valence-electron chi connectivity index (χ3n) is 2.71. The topological polar surface area (TPSA) is 43.4 Å². The molecule has 0 saturated heterocycles. The predicted octanol–water partition coefficient (Wildman–Crippen LogP) is 2.18. The minimum atomic E-state index is 0.321. The van der Waals surface area contributed by atoms with E-state index in [0.717, 1.165) is 26.0 Å². The first-order valence-corrected chi connectivity index (χ1v) is 6.58. The fourth-order valence-electron chi connectivity index (χ4n) is 1.73. The molecule has 0 aliphatic carbocycles. The van der Waals surface area contributed by atoms with Gasteiger partial charge in [0, 0.05) is 32.2 Å². The van der Waals surface area contributed by atoms with Crippen LogP contribution in [-0.2, 0) is 9.47 Å². The molecule has 18 heavy (non-hydrogen) atoms. The molecule has 1 atom stereocenters. The molecule has 0 aliphatic heterocycles. The Morgan fingerprint density at radius 1 is 1.33 bits per heavy atom. The Morgan fingerprint density at radius 2 is 2.22 bits per heavy atom. The summed E-state index contributed by atoms with van der Waals surface area (Å²) in [7, 11) is 1.69. The highest BCUT2D eigenvalue weighted by Crippen LogP contribution is 2.15. The number of nitrogens with one attached hydrogen (secondary N) is 1. The maximum atomic E-state index is 5.52. The van der Waals surface area contributed by atoms with E-state index in [9.17, 15) is 0 Å². The zero-order valence-corrected chi connectivity index (χ0v) is 11.4. The Morgan fingerprint density at radius 3 is 2.89 bits per heavy atom. The summed E-state index contributed by atoms with van der Waals surface area (Å²) in [4.78, 5) is 4.17. The SMILES string of the molecule is CCCNC(CCOCCOC)c1cccnc1. The third kappa shape index (κ3) is 6.10. The van der Waals surface area contributed by atoms with Crippen LogP contribution in [0.15, 0.2) is 24.5 Å². The molecule has 0 spiro atoms. The largest absolute Gasteiger partial charge is 0.382 e. The van der Waals surface area contributed by atoms with Crippen LogP contribution in [0.2, 0.25) is 0 Å². The summed E-state index contributed by atoms with van der Waals surface area (Å²) >= 11 is 0. The second kappa shape index (κ2) is 10.00. The van der Waals surface area contributed by atoms with Gasteiger partial charge in [0.05, 0.1) is 13.2 Å². The van der Waals surface area contributed by atoms with Crippen LogP contribution in [0.4, 0.5) is 0 Å². The highest BCUT2D eigenvalue weighted by atomic mass is 16.5. The van der Waals surface area contributed by atoms with E-state index in [-0.39, 0.29) is 0 Å². The van der Waals surface area contributed by atoms with Crippen molar-refractivity contribution in [1.29, 1.82) is 0 Å². The molecular weight excluding hydrogens is 228 g/mol. The lowest BCUT2D eigenvalue weighted by atomic mass is 10.1. The number of nitrogens with zero attached hydrogens (tertiary/aromatic N) is 1. The van der Waals surface area contributed by atoms with Gasteiger partial charge in [0.15, 0.2) is 0 Å². The summed E-state index contributed by atoms with van der Waals surface area (Å²) in [5, 5.41) is 3.53. The lowest BCUT2D eigenvalue weighted by Gasteiger charge is -2.18. The van der Waals surface area contributed by atoms with Gasteiger partial charge in [-0.1, -0.05) is 13.0 Å². The summed E-state index contributed by atoms with van der Waals surface area (Å²) in [5.41, 5.74) is 1.22. The molecule has 1 rings (SSSR count). The minimum absolute atomic E-state index is 0.321. The van der Waals surface area contributed by atoms with E-state index in [1.54, 1.807) is 13.3 Å². The molecule has 0 amide bonds. The Kier molecular flexibility index (Phi) is 8.38. The van der Waals surface area contributed by atoms with E-state index < -0.39 is 0 Å². The predicted molar refractivity (Wildman–Crippen MR) is 72.6 cm³/mol. The van der Waals surface area contributed by atoms with Crippen molar-refractivity contribution >= 4 is 0 Å². The number of ether oxygens (including phenoxy) is 2. The fourth-order valence-corrected chi connectivity index (χ4v) is 1.73. The van der Waals surface area contributed by atoms with Crippen molar-refractivity contribution in [2.75, 3.05) is 33.5 Å². The van der Waals surface area contributed by atoms with E-state index in [2.05, 4.69) is 23.3 Å². The average molecular weight is 252 g/mol. The maximum Gasteiger partial charge on any atom is 0.0700 e. The van der Waals surface area contributed by atoms with Gasteiger partial charge in [-0.05, 0) is 31.0 Å². The summed E-state index contributed by atoms with van der Waals surface area (Å²) in [5.74, 6) is 0. The molecular formula is C14H24N2O2. The summed E-state index contributed by atoms with van der Waals surface area (Å²) < 4.78 is 10.5. The Labute approximate surface area is 110 Å². The standard InChI is InChI=1S/C14H24N2O2/c1-3-7-16-14(6-9-18-11-10-17-2)13-5-4-8-15-12-13/h4-5,8,12,14,16H,3,6-7,9-11H2,1-2H3. The molecule has 0 aliphatic rings. The highest BCUT2D eigenvalue weighted by molar-refractivity contribution is 5.13. The third-order valence-corrected chi connectivity index (χ3v) is 2.71. The van der Waals surface area contributed by atoms with E-state index in [0.29, 0.717) is 19.3 Å². The first kappa shape index (κ1) is 15.1. The van der Waals surface area contributed by atoms with Gasteiger partial charge >= 0.3 is 0 Å². The van der Waals surface area contributed by atoms with Gasteiger partial charge in [0.1, 0.15) is 0 Å². The molecule has 1 heterocycles. The second-order valence-electron chi connectivity index (χ2n) is 4.19. The van der Waals surface area contributed by atoms with Gasteiger partial charge in [0.25, 0.3) is 0 Å². The fraction of sp³-hybridized carbons (Fsp3) is 0.643. The Bertz CT molecular complexity index is 293. The van der Waals surface area contributed by atoms with Gasteiger partial charge < -0.3 is 14.8 Å². The normalized spacial score (nSPS) is 12.6. The molecule has 1 aromatic rings.